The Bertz CT molecular complexity index is 893. The Morgan fingerprint density at radius 3 is 1.20 bits per heavy atom. The standard InChI is InChI=1S/C53H103NO5/c1-4-7-10-13-16-19-22-24-25-26-28-31-34-37-40-43-46-53(58)59-49(44-41-38-35-32-30-27-23-20-17-14-11-8-5-2)47-52(57)54-50(48-55)51(56)45-42-39-36-33-29-21-18-15-12-9-6-3/h25-26,49-51,55-56H,4-24,27-48H2,1-3H3,(H,54,57)/b26-25+. The van der Waals surface area contributed by atoms with Crippen LogP contribution in [0.25, 0.3) is 0 Å². The van der Waals surface area contributed by atoms with E-state index in [9.17, 15) is 19.8 Å². The summed E-state index contributed by atoms with van der Waals surface area (Å²) in [6.07, 6.45) is 52.7. The van der Waals surface area contributed by atoms with E-state index in [1.54, 1.807) is 0 Å². The quantitative estimate of drug-likeness (QED) is 0.0322. The molecule has 3 atom stereocenters. The van der Waals surface area contributed by atoms with Gasteiger partial charge in [0, 0.05) is 6.42 Å². The van der Waals surface area contributed by atoms with Crippen molar-refractivity contribution >= 4 is 11.9 Å². The molecule has 1 amide bonds. The molecule has 0 spiro atoms. The second kappa shape index (κ2) is 47.6. The van der Waals surface area contributed by atoms with Crippen molar-refractivity contribution in [2.24, 2.45) is 0 Å². The minimum Gasteiger partial charge on any atom is -0.462 e. The number of nitrogens with one attached hydrogen (secondary N) is 1. The molecule has 6 nitrogen and oxygen atoms in total. The molecule has 350 valence electrons. The highest BCUT2D eigenvalue weighted by molar-refractivity contribution is 5.77. The third kappa shape index (κ3) is 43.1. The molecule has 0 heterocycles. The fourth-order valence-electron chi connectivity index (χ4n) is 8.31. The lowest BCUT2D eigenvalue weighted by molar-refractivity contribution is -0.151. The van der Waals surface area contributed by atoms with Gasteiger partial charge in [0.25, 0.3) is 0 Å². The van der Waals surface area contributed by atoms with Gasteiger partial charge in [0.1, 0.15) is 6.10 Å². The van der Waals surface area contributed by atoms with Crippen molar-refractivity contribution in [1.29, 1.82) is 0 Å². The fourth-order valence-corrected chi connectivity index (χ4v) is 8.31. The first-order valence-corrected chi connectivity index (χ1v) is 26.4. The zero-order valence-electron chi connectivity index (χ0n) is 39.9. The number of rotatable bonds is 48. The van der Waals surface area contributed by atoms with Crippen LogP contribution in [-0.4, -0.2) is 46.9 Å². The number of amides is 1. The van der Waals surface area contributed by atoms with E-state index >= 15 is 0 Å². The molecule has 0 fully saturated rings. The van der Waals surface area contributed by atoms with Crippen LogP contribution in [0.5, 0.6) is 0 Å². The number of carbonyl (C=O) groups excluding carboxylic acids is 2. The summed E-state index contributed by atoms with van der Waals surface area (Å²) in [4.78, 5) is 26.1. The van der Waals surface area contributed by atoms with Gasteiger partial charge < -0.3 is 20.3 Å². The monoisotopic (exact) mass is 834 g/mol. The van der Waals surface area contributed by atoms with Crippen LogP contribution >= 0.6 is 0 Å². The Balaban J connectivity index is 4.53. The Labute approximate surface area is 368 Å². The highest BCUT2D eigenvalue weighted by Gasteiger charge is 2.24. The van der Waals surface area contributed by atoms with Gasteiger partial charge in [-0.3, -0.25) is 9.59 Å². The van der Waals surface area contributed by atoms with E-state index in [4.69, 9.17) is 4.74 Å². The van der Waals surface area contributed by atoms with E-state index in [-0.39, 0.29) is 24.9 Å². The highest BCUT2D eigenvalue weighted by Crippen LogP contribution is 2.18. The Hall–Kier alpha value is -1.40. The molecular weight excluding hydrogens is 731 g/mol. The topological polar surface area (TPSA) is 95.9 Å². The van der Waals surface area contributed by atoms with Crippen LogP contribution < -0.4 is 5.32 Å². The van der Waals surface area contributed by atoms with Crippen LogP contribution in [0.4, 0.5) is 0 Å². The van der Waals surface area contributed by atoms with Crippen LogP contribution in [0.2, 0.25) is 0 Å². The molecule has 0 saturated carbocycles. The van der Waals surface area contributed by atoms with Crippen molar-refractivity contribution in [1.82, 2.24) is 5.32 Å². The zero-order chi connectivity index (χ0) is 43.1. The SMILES string of the molecule is CCCCCCCCC/C=C/CCCCCCCC(=O)OC(CCCCCCCCCCCCCCC)CC(=O)NC(CO)C(O)CCCCCCCCCCCCC. The summed E-state index contributed by atoms with van der Waals surface area (Å²) in [5, 5.41) is 23.7. The number of aliphatic hydroxyl groups excluding tert-OH is 2. The highest BCUT2D eigenvalue weighted by atomic mass is 16.5. The van der Waals surface area contributed by atoms with Crippen molar-refractivity contribution in [2.75, 3.05) is 6.61 Å². The normalized spacial score (nSPS) is 13.2. The molecule has 6 heteroatoms. The van der Waals surface area contributed by atoms with Crippen molar-refractivity contribution in [3.8, 4) is 0 Å². The number of hydrogen-bond donors (Lipinski definition) is 3. The predicted octanol–water partition coefficient (Wildman–Crippen LogP) is 15.7. The number of esters is 1. The van der Waals surface area contributed by atoms with E-state index in [2.05, 4.69) is 38.2 Å². The Kier molecular flexibility index (Phi) is 46.5. The van der Waals surface area contributed by atoms with Gasteiger partial charge in [0.05, 0.1) is 25.2 Å². The average Bonchev–Trinajstić information content (AvgIpc) is 3.23. The molecule has 3 unspecified atom stereocenters. The van der Waals surface area contributed by atoms with Gasteiger partial charge in [-0.25, -0.2) is 0 Å². The molecule has 0 aliphatic heterocycles. The summed E-state index contributed by atoms with van der Waals surface area (Å²) in [5.41, 5.74) is 0. The smallest absolute Gasteiger partial charge is 0.306 e. The number of hydrogen-bond acceptors (Lipinski definition) is 5. The molecule has 0 aromatic heterocycles. The minimum atomic E-state index is -0.782. The summed E-state index contributed by atoms with van der Waals surface area (Å²) in [6.45, 7) is 6.50. The zero-order valence-corrected chi connectivity index (χ0v) is 39.9. The third-order valence-corrected chi connectivity index (χ3v) is 12.3. The van der Waals surface area contributed by atoms with Crippen LogP contribution in [-0.2, 0) is 14.3 Å². The number of unbranched alkanes of at least 4 members (excludes halogenated alkanes) is 34. The molecule has 0 aromatic rings. The maximum atomic E-state index is 13.2. The first kappa shape index (κ1) is 57.6. The number of allylic oxidation sites excluding steroid dienone is 2. The number of ether oxygens (including phenoxy) is 1. The average molecular weight is 834 g/mol. The maximum absolute atomic E-state index is 13.2. The van der Waals surface area contributed by atoms with E-state index in [1.165, 1.54) is 193 Å². The van der Waals surface area contributed by atoms with Crippen LogP contribution in [0.1, 0.15) is 290 Å². The summed E-state index contributed by atoms with van der Waals surface area (Å²) in [6, 6.07) is -0.695. The summed E-state index contributed by atoms with van der Waals surface area (Å²) < 4.78 is 5.94. The van der Waals surface area contributed by atoms with E-state index in [0.717, 1.165) is 51.4 Å². The Morgan fingerprint density at radius 2 is 0.814 bits per heavy atom. The molecule has 0 saturated heterocycles. The molecule has 0 aliphatic rings. The van der Waals surface area contributed by atoms with Crippen molar-refractivity contribution in [3.05, 3.63) is 12.2 Å². The largest absolute Gasteiger partial charge is 0.462 e. The van der Waals surface area contributed by atoms with Crippen LogP contribution in [0.15, 0.2) is 12.2 Å². The first-order chi connectivity index (χ1) is 29.0. The van der Waals surface area contributed by atoms with Crippen molar-refractivity contribution in [2.45, 2.75) is 309 Å². The molecule has 59 heavy (non-hydrogen) atoms. The number of carbonyl (C=O) groups is 2. The summed E-state index contributed by atoms with van der Waals surface area (Å²) >= 11 is 0. The molecule has 0 radical (unpaired) electrons. The molecule has 0 bridgehead atoms. The second-order valence-electron chi connectivity index (χ2n) is 18.3. The van der Waals surface area contributed by atoms with Crippen LogP contribution in [0.3, 0.4) is 0 Å². The number of aliphatic hydroxyl groups is 2. The van der Waals surface area contributed by atoms with E-state index < -0.39 is 18.2 Å². The third-order valence-electron chi connectivity index (χ3n) is 12.3. The van der Waals surface area contributed by atoms with Gasteiger partial charge in [-0.15, -0.1) is 0 Å². The van der Waals surface area contributed by atoms with E-state index in [1.807, 2.05) is 0 Å². The second-order valence-corrected chi connectivity index (χ2v) is 18.3. The Morgan fingerprint density at radius 1 is 0.475 bits per heavy atom. The maximum Gasteiger partial charge on any atom is 0.306 e. The van der Waals surface area contributed by atoms with Gasteiger partial charge in [0.2, 0.25) is 5.91 Å². The van der Waals surface area contributed by atoms with Crippen molar-refractivity contribution < 1.29 is 24.5 Å². The predicted molar refractivity (Wildman–Crippen MR) is 255 cm³/mol. The summed E-state index contributed by atoms with van der Waals surface area (Å²) in [7, 11) is 0. The lowest BCUT2D eigenvalue weighted by atomic mass is 10.0. The van der Waals surface area contributed by atoms with Gasteiger partial charge in [-0.05, 0) is 51.4 Å². The fraction of sp³-hybridized carbons (Fsp3) is 0.925. The molecule has 0 aliphatic carbocycles. The van der Waals surface area contributed by atoms with E-state index in [0.29, 0.717) is 19.3 Å². The van der Waals surface area contributed by atoms with Gasteiger partial charge >= 0.3 is 5.97 Å². The first-order valence-electron chi connectivity index (χ1n) is 26.4. The van der Waals surface area contributed by atoms with Crippen molar-refractivity contribution in [3.63, 3.8) is 0 Å². The minimum absolute atomic E-state index is 0.0815. The van der Waals surface area contributed by atoms with Gasteiger partial charge in [-0.2, -0.15) is 0 Å². The van der Waals surface area contributed by atoms with Crippen LogP contribution in [0, 0.1) is 0 Å². The summed E-state index contributed by atoms with van der Waals surface area (Å²) in [5.74, 6) is -0.466. The molecule has 3 N–H and O–H groups in total. The van der Waals surface area contributed by atoms with Gasteiger partial charge in [-0.1, -0.05) is 238 Å². The molecule has 0 rings (SSSR count). The van der Waals surface area contributed by atoms with Gasteiger partial charge in [0.15, 0.2) is 0 Å². The lowest BCUT2D eigenvalue weighted by Gasteiger charge is -2.24. The lowest BCUT2D eigenvalue weighted by Crippen LogP contribution is -2.46. The molecule has 0 aromatic carbocycles. The molecular formula is C53H103NO5.